The lowest BCUT2D eigenvalue weighted by molar-refractivity contribution is -0.129. The van der Waals surface area contributed by atoms with Crippen LogP contribution in [0.4, 0.5) is 23.1 Å². The van der Waals surface area contributed by atoms with Gasteiger partial charge in [-0.15, -0.1) is 0 Å². The molecular formula is C20H18N6O2. The summed E-state index contributed by atoms with van der Waals surface area (Å²) in [7, 11) is 0. The number of aromatic nitrogens is 4. The summed E-state index contributed by atoms with van der Waals surface area (Å²) in [6.45, 7) is 2.63. The third kappa shape index (κ3) is 3.75. The molecule has 0 aliphatic carbocycles. The number of nitrogens with zero attached hydrogens (tertiary/aromatic N) is 3. The quantitative estimate of drug-likeness (QED) is 0.422. The second-order valence-corrected chi connectivity index (χ2v) is 6.20. The highest BCUT2D eigenvalue weighted by Crippen LogP contribution is 2.25. The molecular weight excluding hydrogens is 356 g/mol. The van der Waals surface area contributed by atoms with E-state index in [1.165, 1.54) is 0 Å². The van der Waals surface area contributed by atoms with Gasteiger partial charge in [-0.2, -0.15) is 10.1 Å². The van der Waals surface area contributed by atoms with E-state index in [9.17, 15) is 4.79 Å². The van der Waals surface area contributed by atoms with E-state index in [2.05, 4.69) is 30.8 Å². The standard InChI is InChI=1S/C20H18N6O2/c1-13-5-6-15(9-14(13)11-28-12-27)23-20-21-8-7-19(25-20)24-17-3-2-4-18-16(17)10-22-26-18/h2-10,12H,11H2,1H3,(H,22,26)(H2,21,23,24,25). The van der Waals surface area contributed by atoms with Gasteiger partial charge in [0.05, 0.1) is 17.4 Å². The van der Waals surface area contributed by atoms with Crippen molar-refractivity contribution in [2.24, 2.45) is 0 Å². The molecule has 3 N–H and O–H groups in total. The number of nitrogens with one attached hydrogen (secondary N) is 3. The average molecular weight is 374 g/mol. The van der Waals surface area contributed by atoms with Crippen molar-refractivity contribution in [3.05, 3.63) is 66.0 Å². The fourth-order valence-corrected chi connectivity index (χ4v) is 2.86. The number of H-pyrrole nitrogens is 1. The molecule has 0 unspecified atom stereocenters. The monoisotopic (exact) mass is 374 g/mol. The number of aryl methyl sites for hydroxylation is 1. The van der Waals surface area contributed by atoms with Gasteiger partial charge >= 0.3 is 0 Å². The van der Waals surface area contributed by atoms with E-state index in [4.69, 9.17) is 4.74 Å². The predicted octanol–water partition coefficient (Wildman–Crippen LogP) is 3.82. The lowest BCUT2D eigenvalue weighted by Crippen LogP contribution is -2.02. The molecule has 0 spiro atoms. The Bertz CT molecular complexity index is 1120. The average Bonchev–Trinajstić information content (AvgIpc) is 3.19. The van der Waals surface area contributed by atoms with Crippen LogP contribution in [-0.2, 0) is 16.1 Å². The van der Waals surface area contributed by atoms with Gasteiger partial charge in [0.25, 0.3) is 6.47 Å². The van der Waals surface area contributed by atoms with Gasteiger partial charge in [-0.25, -0.2) is 4.98 Å². The highest BCUT2D eigenvalue weighted by molar-refractivity contribution is 5.92. The van der Waals surface area contributed by atoms with Crippen molar-refractivity contribution in [3.8, 4) is 0 Å². The topological polar surface area (TPSA) is 105 Å². The molecule has 4 rings (SSSR count). The fourth-order valence-electron chi connectivity index (χ4n) is 2.86. The minimum absolute atomic E-state index is 0.224. The van der Waals surface area contributed by atoms with E-state index in [-0.39, 0.29) is 6.61 Å². The molecule has 140 valence electrons. The number of carbonyl (C=O) groups is 1. The van der Waals surface area contributed by atoms with Crippen LogP contribution < -0.4 is 10.6 Å². The minimum Gasteiger partial charge on any atom is -0.463 e. The van der Waals surface area contributed by atoms with Gasteiger partial charge in [0.2, 0.25) is 5.95 Å². The Morgan fingerprint density at radius 3 is 3.00 bits per heavy atom. The van der Waals surface area contributed by atoms with Crippen molar-refractivity contribution >= 4 is 40.5 Å². The maximum absolute atomic E-state index is 10.4. The van der Waals surface area contributed by atoms with Crippen LogP contribution in [0.1, 0.15) is 11.1 Å². The number of hydrogen-bond acceptors (Lipinski definition) is 7. The van der Waals surface area contributed by atoms with Gasteiger partial charge < -0.3 is 15.4 Å². The van der Waals surface area contributed by atoms with Crippen LogP contribution in [0.25, 0.3) is 10.9 Å². The summed E-state index contributed by atoms with van der Waals surface area (Å²) in [5.74, 6) is 1.11. The van der Waals surface area contributed by atoms with Crippen LogP contribution in [0.5, 0.6) is 0 Å². The predicted molar refractivity (Wildman–Crippen MR) is 107 cm³/mol. The zero-order chi connectivity index (χ0) is 19.3. The Kier molecular flexibility index (Phi) is 4.83. The molecule has 0 fully saturated rings. The van der Waals surface area contributed by atoms with Gasteiger partial charge in [0.15, 0.2) is 0 Å². The molecule has 0 amide bonds. The van der Waals surface area contributed by atoms with Crippen molar-refractivity contribution in [2.75, 3.05) is 10.6 Å². The summed E-state index contributed by atoms with van der Waals surface area (Å²) in [4.78, 5) is 19.2. The number of aromatic amines is 1. The second-order valence-electron chi connectivity index (χ2n) is 6.20. The molecule has 0 aliphatic rings. The third-order valence-corrected chi connectivity index (χ3v) is 4.32. The van der Waals surface area contributed by atoms with Gasteiger partial charge in [-0.05, 0) is 48.4 Å². The summed E-state index contributed by atoms with van der Waals surface area (Å²) in [6.07, 6.45) is 3.45. The number of fused-ring (bicyclic) bond motifs is 1. The molecule has 4 aromatic rings. The largest absolute Gasteiger partial charge is 0.463 e. The van der Waals surface area contributed by atoms with Crippen molar-refractivity contribution in [3.63, 3.8) is 0 Å². The van der Waals surface area contributed by atoms with E-state index in [0.29, 0.717) is 18.2 Å². The van der Waals surface area contributed by atoms with Gasteiger partial charge in [-0.1, -0.05) is 12.1 Å². The van der Waals surface area contributed by atoms with Crippen LogP contribution >= 0.6 is 0 Å². The summed E-state index contributed by atoms with van der Waals surface area (Å²) < 4.78 is 4.86. The number of anilines is 4. The molecule has 2 aromatic heterocycles. The number of carbonyl (C=O) groups excluding carboxylic acids is 1. The van der Waals surface area contributed by atoms with Crippen LogP contribution in [0, 0.1) is 6.92 Å². The molecule has 0 radical (unpaired) electrons. The Hall–Kier alpha value is -3.94. The zero-order valence-electron chi connectivity index (χ0n) is 15.1. The Balaban J connectivity index is 1.54. The second kappa shape index (κ2) is 7.75. The summed E-state index contributed by atoms with van der Waals surface area (Å²) >= 11 is 0. The fraction of sp³-hybridized carbons (Fsp3) is 0.100. The third-order valence-electron chi connectivity index (χ3n) is 4.32. The molecule has 0 atom stereocenters. The first-order valence-corrected chi connectivity index (χ1v) is 8.67. The number of ether oxygens (including phenoxy) is 1. The molecule has 8 nitrogen and oxygen atoms in total. The van der Waals surface area contributed by atoms with Crippen LogP contribution in [0.15, 0.2) is 54.9 Å². The molecule has 2 aromatic carbocycles. The Morgan fingerprint density at radius 2 is 2.11 bits per heavy atom. The highest BCUT2D eigenvalue weighted by Gasteiger charge is 2.06. The maximum atomic E-state index is 10.4. The highest BCUT2D eigenvalue weighted by atomic mass is 16.5. The van der Waals surface area contributed by atoms with E-state index in [1.807, 2.05) is 43.3 Å². The van der Waals surface area contributed by atoms with Crippen LogP contribution in [-0.4, -0.2) is 26.6 Å². The molecule has 0 aliphatic heterocycles. The SMILES string of the molecule is Cc1ccc(Nc2nccc(Nc3cccc4[nH]ncc34)n2)cc1COC=O. The first-order chi connectivity index (χ1) is 13.7. The molecule has 0 saturated carbocycles. The van der Waals surface area contributed by atoms with Gasteiger partial charge in [-0.3, -0.25) is 9.89 Å². The van der Waals surface area contributed by atoms with Crippen LogP contribution in [0.2, 0.25) is 0 Å². The van der Waals surface area contributed by atoms with Crippen LogP contribution in [0.3, 0.4) is 0 Å². The number of hydrogen-bond donors (Lipinski definition) is 3. The lowest BCUT2D eigenvalue weighted by Gasteiger charge is -2.11. The first-order valence-electron chi connectivity index (χ1n) is 8.67. The number of benzene rings is 2. The normalized spacial score (nSPS) is 10.6. The molecule has 28 heavy (non-hydrogen) atoms. The van der Waals surface area contributed by atoms with E-state index in [0.717, 1.165) is 33.4 Å². The Labute approximate surface area is 161 Å². The van der Waals surface area contributed by atoms with Gasteiger partial charge in [0.1, 0.15) is 12.4 Å². The smallest absolute Gasteiger partial charge is 0.293 e. The van der Waals surface area contributed by atoms with Crippen molar-refractivity contribution in [1.29, 1.82) is 0 Å². The van der Waals surface area contributed by atoms with Gasteiger partial charge in [0, 0.05) is 17.3 Å². The summed E-state index contributed by atoms with van der Waals surface area (Å²) in [5.41, 5.74) is 4.61. The van der Waals surface area contributed by atoms with Crippen molar-refractivity contribution < 1.29 is 9.53 Å². The Morgan fingerprint density at radius 1 is 1.18 bits per heavy atom. The van der Waals surface area contributed by atoms with E-state index < -0.39 is 0 Å². The summed E-state index contributed by atoms with van der Waals surface area (Å²) in [5, 5.41) is 14.5. The van der Waals surface area contributed by atoms with E-state index in [1.54, 1.807) is 18.5 Å². The minimum atomic E-state index is 0.224. The molecule has 8 heteroatoms. The molecule has 0 bridgehead atoms. The molecule has 2 heterocycles. The van der Waals surface area contributed by atoms with Crippen molar-refractivity contribution in [1.82, 2.24) is 20.2 Å². The lowest BCUT2D eigenvalue weighted by atomic mass is 10.1. The number of rotatable bonds is 7. The zero-order valence-corrected chi connectivity index (χ0v) is 15.1. The van der Waals surface area contributed by atoms with E-state index >= 15 is 0 Å². The first kappa shape index (κ1) is 17.5. The maximum Gasteiger partial charge on any atom is 0.293 e. The molecule has 0 saturated heterocycles. The van der Waals surface area contributed by atoms with Crippen molar-refractivity contribution in [2.45, 2.75) is 13.5 Å². The summed E-state index contributed by atoms with van der Waals surface area (Å²) in [6, 6.07) is 13.5.